The molecule has 108 valence electrons. The highest BCUT2D eigenvalue weighted by atomic mass is 16.7. The van der Waals surface area contributed by atoms with Crippen molar-refractivity contribution in [2.75, 3.05) is 13.2 Å². The number of carbonyl (C=O) groups excluding carboxylic acids is 1. The van der Waals surface area contributed by atoms with Gasteiger partial charge in [0.05, 0.1) is 24.3 Å². The van der Waals surface area contributed by atoms with Crippen LogP contribution >= 0.6 is 0 Å². The van der Waals surface area contributed by atoms with Gasteiger partial charge in [-0.25, -0.2) is 14.4 Å². The molecule has 20 heavy (non-hydrogen) atoms. The number of rotatable bonds is 2. The van der Waals surface area contributed by atoms with Gasteiger partial charge in [0.1, 0.15) is 0 Å². The Labute approximate surface area is 114 Å². The van der Waals surface area contributed by atoms with Gasteiger partial charge in [-0.2, -0.15) is 0 Å². The molecule has 0 aliphatic carbocycles. The maximum absolute atomic E-state index is 10.3. The summed E-state index contributed by atoms with van der Waals surface area (Å²) in [5, 5.41) is 16.9. The van der Waals surface area contributed by atoms with Gasteiger partial charge in [-0.15, -0.1) is 0 Å². The van der Waals surface area contributed by atoms with Crippen molar-refractivity contribution in [2.45, 2.75) is 12.8 Å². The van der Waals surface area contributed by atoms with E-state index in [0.717, 1.165) is 12.8 Å². The van der Waals surface area contributed by atoms with Gasteiger partial charge in [-0.05, 0) is 37.1 Å². The minimum atomic E-state index is -1.06. The molecule has 0 atom stereocenters. The molecule has 0 amide bonds. The predicted octanol–water partition coefficient (Wildman–Crippen LogP) is 2.02. The van der Waals surface area contributed by atoms with Gasteiger partial charge in [0.2, 0.25) is 0 Å². The quantitative estimate of drug-likeness (QED) is 0.798. The number of ether oxygens (including phenoxy) is 2. The predicted molar refractivity (Wildman–Crippen MR) is 66.9 cm³/mol. The Kier molecular flexibility index (Phi) is 6.02. The number of hydrogen-bond acceptors (Lipinski definition) is 5. The number of carbonyl (C=O) groups is 3. The summed E-state index contributed by atoms with van der Waals surface area (Å²) in [5.41, 5.74) is 0.167. The summed E-state index contributed by atoms with van der Waals surface area (Å²) in [6.45, 7) is 1.03. The monoisotopic (exact) mass is 282 g/mol. The lowest BCUT2D eigenvalue weighted by molar-refractivity contribution is 0.0681. The third-order valence-electron chi connectivity index (χ3n) is 2.36. The summed E-state index contributed by atoms with van der Waals surface area (Å²) in [7, 11) is 0. The second-order valence-electron chi connectivity index (χ2n) is 3.84. The van der Waals surface area contributed by atoms with E-state index in [9.17, 15) is 14.4 Å². The van der Waals surface area contributed by atoms with Crippen molar-refractivity contribution in [3.63, 3.8) is 0 Å². The van der Waals surface area contributed by atoms with E-state index in [4.69, 9.17) is 10.2 Å². The fraction of sp³-hybridized carbons (Fsp3) is 0.308. The lowest BCUT2D eigenvalue weighted by atomic mass is 10.1. The highest BCUT2D eigenvalue weighted by Gasteiger charge is 2.06. The van der Waals surface area contributed by atoms with Crippen LogP contribution in [0.2, 0.25) is 0 Å². The lowest BCUT2D eigenvalue weighted by Crippen LogP contribution is -2.02. The summed E-state index contributed by atoms with van der Waals surface area (Å²) in [6.07, 6.45) is 1.32. The molecule has 0 spiro atoms. The van der Waals surface area contributed by atoms with Crippen LogP contribution in [0.5, 0.6) is 0 Å². The zero-order valence-corrected chi connectivity index (χ0v) is 10.6. The standard InChI is InChI=1S/C8H6O4.C5H8O3/c9-7(10)5-1-2-6(4-3-5)8(11)12;6-5-7-3-1-2-4-8-5/h1-4H,(H,9,10)(H,11,12);1-4H2. The van der Waals surface area contributed by atoms with Crippen LogP contribution in [0.25, 0.3) is 0 Å². The highest BCUT2D eigenvalue weighted by Crippen LogP contribution is 2.03. The SMILES string of the molecule is O=C(O)c1ccc(C(=O)O)cc1.O=C1OCCCCO1. The van der Waals surface area contributed by atoms with Gasteiger partial charge in [-0.3, -0.25) is 0 Å². The molecule has 0 radical (unpaired) electrons. The first-order chi connectivity index (χ1) is 9.50. The Morgan fingerprint density at radius 3 is 1.50 bits per heavy atom. The third-order valence-corrected chi connectivity index (χ3v) is 2.36. The van der Waals surface area contributed by atoms with E-state index in [1.54, 1.807) is 0 Å². The molecule has 0 unspecified atom stereocenters. The van der Waals surface area contributed by atoms with Crippen molar-refractivity contribution >= 4 is 18.1 Å². The van der Waals surface area contributed by atoms with Gasteiger partial charge in [0, 0.05) is 0 Å². The second-order valence-corrected chi connectivity index (χ2v) is 3.84. The van der Waals surface area contributed by atoms with E-state index in [1.165, 1.54) is 24.3 Å². The summed E-state index contributed by atoms with van der Waals surface area (Å²) < 4.78 is 9.08. The number of benzene rings is 1. The first kappa shape index (κ1) is 15.5. The zero-order valence-electron chi connectivity index (χ0n) is 10.6. The van der Waals surface area contributed by atoms with Crippen LogP contribution in [-0.4, -0.2) is 41.5 Å². The van der Waals surface area contributed by atoms with Gasteiger partial charge >= 0.3 is 18.1 Å². The van der Waals surface area contributed by atoms with E-state index >= 15 is 0 Å². The van der Waals surface area contributed by atoms with Crippen molar-refractivity contribution in [1.82, 2.24) is 0 Å². The lowest BCUT2D eigenvalue weighted by Gasteiger charge is -1.94. The third kappa shape index (κ3) is 5.38. The molecule has 1 aliphatic rings. The van der Waals surface area contributed by atoms with Crippen LogP contribution in [0.4, 0.5) is 4.79 Å². The molecule has 1 aliphatic heterocycles. The molecular formula is C13H14O7. The van der Waals surface area contributed by atoms with Crippen LogP contribution in [0.1, 0.15) is 33.6 Å². The summed E-state index contributed by atoms with van der Waals surface area (Å²) in [6, 6.07) is 5.02. The smallest absolute Gasteiger partial charge is 0.478 e. The van der Waals surface area contributed by atoms with Crippen molar-refractivity contribution in [3.05, 3.63) is 35.4 Å². The summed E-state index contributed by atoms with van der Waals surface area (Å²) in [5.74, 6) is -2.13. The Hall–Kier alpha value is -2.57. The molecule has 1 fully saturated rings. The number of carboxylic acid groups (broad SMARTS) is 2. The fourth-order valence-electron chi connectivity index (χ4n) is 1.31. The first-order valence-electron chi connectivity index (χ1n) is 5.87. The molecule has 0 saturated carbocycles. The molecular weight excluding hydrogens is 268 g/mol. The van der Waals surface area contributed by atoms with Crippen molar-refractivity contribution < 1.29 is 34.1 Å². The highest BCUT2D eigenvalue weighted by molar-refractivity contribution is 5.91. The normalized spacial score (nSPS) is 13.9. The van der Waals surface area contributed by atoms with Crippen molar-refractivity contribution in [1.29, 1.82) is 0 Å². The first-order valence-corrected chi connectivity index (χ1v) is 5.87. The summed E-state index contributed by atoms with van der Waals surface area (Å²) in [4.78, 5) is 30.9. The molecule has 2 rings (SSSR count). The number of cyclic esters (lactones) is 2. The van der Waals surface area contributed by atoms with Crippen molar-refractivity contribution in [2.24, 2.45) is 0 Å². The van der Waals surface area contributed by atoms with Crippen molar-refractivity contribution in [3.8, 4) is 0 Å². The maximum Gasteiger partial charge on any atom is 0.508 e. The number of aromatic carboxylic acids is 2. The van der Waals surface area contributed by atoms with Crippen LogP contribution < -0.4 is 0 Å². The van der Waals surface area contributed by atoms with Crippen LogP contribution in [0.15, 0.2) is 24.3 Å². The van der Waals surface area contributed by atoms with Gasteiger partial charge in [-0.1, -0.05) is 0 Å². The molecule has 0 bridgehead atoms. The van der Waals surface area contributed by atoms with E-state index in [2.05, 4.69) is 9.47 Å². The average molecular weight is 282 g/mol. The van der Waals surface area contributed by atoms with Gasteiger partial charge < -0.3 is 19.7 Å². The van der Waals surface area contributed by atoms with Crippen LogP contribution in [0.3, 0.4) is 0 Å². The average Bonchev–Trinajstić information content (AvgIpc) is 2.67. The largest absolute Gasteiger partial charge is 0.508 e. The Morgan fingerprint density at radius 2 is 1.20 bits per heavy atom. The zero-order chi connectivity index (χ0) is 15.0. The molecule has 2 N–H and O–H groups in total. The van der Waals surface area contributed by atoms with Gasteiger partial charge in [0.25, 0.3) is 0 Å². The summed E-state index contributed by atoms with van der Waals surface area (Å²) >= 11 is 0. The Balaban J connectivity index is 0.000000217. The number of carboxylic acids is 2. The van der Waals surface area contributed by atoms with E-state index in [0.29, 0.717) is 13.2 Å². The Bertz CT molecular complexity index is 435. The molecule has 7 nitrogen and oxygen atoms in total. The minimum Gasteiger partial charge on any atom is -0.478 e. The minimum absolute atomic E-state index is 0.0833. The van der Waals surface area contributed by atoms with E-state index < -0.39 is 18.1 Å². The van der Waals surface area contributed by atoms with Crippen LogP contribution in [-0.2, 0) is 9.47 Å². The topological polar surface area (TPSA) is 110 Å². The van der Waals surface area contributed by atoms with E-state index in [1.807, 2.05) is 0 Å². The molecule has 1 aromatic carbocycles. The van der Waals surface area contributed by atoms with Crippen LogP contribution in [0, 0.1) is 0 Å². The molecule has 1 aromatic rings. The van der Waals surface area contributed by atoms with E-state index in [-0.39, 0.29) is 11.1 Å². The number of hydrogen-bond donors (Lipinski definition) is 2. The molecule has 1 saturated heterocycles. The Morgan fingerprint density at radius 1 is 0.850 bits per heavy atom. The molecule has 1 heterocycles. The maximum atomic E-state index is 10.3. The molecule has 7 heteroatoms. The fourth-order valence-corrected chi connectivity index (χ4v) is 1.31. The molecule has 0 aromatic heterocycles. The second kappa shape index (κ2) is 7.78. The van der Waals surface area contributed by atoms with Gasteiger partial charge in [0.15, 0.2) is 0 Å².